The van der Waals surface area contributed by atoms with Crippen molar-refractivity contribution in [1.82, 2.24) is 0 Å². The van der Waals surface area contributed by atoms with Gasteiger partial charge in [-0.3, -0.25) is 4.79 Å². The van der Waals surface area contributed by atoms with E-state index in [4.69, 9.17) is 5.11 Å². The highest BCUT2D eigenvalue weighted by atomic mass is 16.4. The molecule has 72 valence electrons. The first-order valence-corrected chi connectivity index (χ1v) is 5.18. The van der Waals surface area contributed by atoms with Gasteiger partial charge >= 0.3 is 5.97 Å². The van der Waals surface area contributed by atoms with E-state index in [-0.39, 0.29) is 5.92 Å². The number of carbonyl (C=O) groups is 1. The highest BCUT2D eigenvalue weighted by Gasteiger charge is 2.36. The Morgan fingerprint density at radius 1 is 1.31 bits per heavy atom. The summed E-state index contributed by atoms with van der Waals surface area (Å²) >= 11 is 0. The minimum atomic E-state index is -0.579. The molecule has 2 nitrogen and oxygen atoms in total. The summed E-state index contributed by atoms with van der Waals surface area (Å²) in [6, 6.07) is 0. The van der Waals surface area contributed by atoms with Crippen LogP contribution in [0.3, 0.4) is 0 Å². The molecule has 0 heterocycles. The van der Waals surface area contributed by atoms with Crippen LogP contribution in [0.1, 0.15) is 32.1 Å². The molecule has 0 bridgehead atoms. The van der Waals surface area contributed by atoms with Crippen LogP contribution in [0.4, 0.5) is 0 Å². The maximum absolute atomic E-state index is 11.0. The van der Waals surface area contributed by atoms with Gasteiger partial charge in [0.15, 0.2) is 0 Å². The van der Waals surface area contributed by atoms with Crippen molar-refractivity contribution in [3.8, 4) is 0 Å². The number of hydrogen-bond donors (Lipinski definition) is 1. The Morgan fingerprint density at radius 2 is 2.15 bits per heavy atom. The number of carboxylic acids is 1. The van der Waals surface area contributed by atoms with Gasteiger partial charge in [0.05, 0.1) is 5.92 Å². The average Bonchev–Trinajstić information content (AvgIpc) is 2.17. The lowest BCUT2D eigenvalue weighted by Crippen LogP contribution is -2.33. The fourth-order valence-corrected chi connectivity index (χ4v) is 2.82. The topological polar surface area (TPSA) is 37.3 Å². The maximum Gasteiger partial charge on any atom is 0.306 e. The summed E-state index contributed by atoms with van der Waals surface area (Å²) < 4.78 is 0. The van der Waals surface area contributed by atoms with E-state index in [1.54, 1.807) is 0 Å². The van der Waals surface area contributed by atoms with Crippen molar-refractivity contribution in [2.45, 2.75) is 32.1 Å². The summed E-state index contributed by atoms with van der Waals surface area (Å²) in [5.41, 5.74) is 0. The molecule has 0 amide bonds. The Hall–Kier alpha value is -0.790. The molecule has 2 rings (SSSR count). The molecule has 0 aliphatic heterocycles. The van der Waals surface area contributed by atoms with Crippen LogP contribution < -0.4 is 0 Å². The first kappa shape index (κ1) is 8.79. The lowest BCUT2D eigenvalue weighted by atomic mass is 9.68. The molecule has 2 heteroatoms. The summed E-state index contributed by atoms with van der Waals surface area (Å²) in [7, 11) is 0. The molecular weight excluding hydrogens is 164 g/mol. The van der Waals surface area contributed by atoms with Crippen LogP contribution in [0.5, 0.6) is 0 Å². The van der Waals surface area contributed by atoms with Crippen molar-refractivity contribution in [2.75, 3.05) is 0 Å². The second-order valence-electron chi connectivity index (χ2n) is 4.21. The molecule has 1 N–H and O–H groups in total. The predicted molar refractivity (Wildman–Crippen MR) is 50.3 cm³/mol. The van der Waals surface area contributed by atoms with Gasteiger partial charge in [-0.15, -0.1) is 0 Å². The summed E-state index contributed by atoms with van der Waals surface area (Å²) in [5.74, 6) is 0.341. The van der Waals surface area contributed by atoms with Crippen LogP contribution >= 0.6 is 0 Å². The Balaban J connectivity index is 2.13. The van der Waals surface area contributed by atoms with E-state index < -0.39 is 5.97 Å². The highest BCUT2D eigenvalue weighted by molar-refractivity contribution is 5.70. The molecule has 0 aromatic carbocycles. The van der Waals surface area contributed by atoms with Crippen molar-refractivity contribution >= 4 is 5.97 Å². The number of aliphatic carboxylic acids is 1. The van der Waals surface area contributed by atoms with E-state index in [0.717, 1.165) is 25.7 Å². The van der Waals surface area contributed by atoms with Crippen molar-refractivity contribution < 1.29 is 9.90 Å². The number of rotatable bonds is 1. The van der Waals surface area contributed by atoms with Crippen molar-refractivity contribution in [2.24, 2.45) is 17.8 Å². The van der Waals surface area contributed by atoms with Gasteiger partial charge in [0.1, 0.15) is 0 Å². The smallest absolute Gasteiger partial charge is 0.306 e. The van der Waals surface area contributed by atoms with Gasteiger partial charge in [0.2, 0.25) is 0 Å². The zero-order valence-electron chi connectivity index (χ0n) is 7.78. The molecule has 1 saturated carbocycles. The molecule has 0 saturated heterocycles. The maximum atomic E-state index is 11.0. The van der Waals surface area contributed by atoms with E-state index in [0.29, 0.717) is 11.8 Å². The third-order valence-electron chi connectivity index (χ3n) is 3.49. The molecule has 1 fully saturated rings. The van der Waals surface area contributed by atoms with Crippen LogP contribution in [-0.4, -0.2) is 11.1 Å². The zero-order valence-corrected chi connectivity index (χ0v) is 7.78. The Kier molecular flexibility index (Phi) is 2.38. The molecule has 13 heavy (non-hydrogen) atoms. The van der Waals surface area contributed by atoms with Crippen molar-refractivity contribution in [3.63, 3.8) is 0 Å². The molecule has 0 aromatic heterocycles. The largest absolute Gasteiger partial charge is 0.481 e. The average molecular weight is 180 g/mol. The minimum absolute atomic E-state index is 0.0660. The van der Waals surface area contributed by atoms with Crippen LogP contribution in [-0.2, 0) is 4.79 Å². The van der Waals surface area contributed by atoms with Gasteiger partial charge in [-0.25, -0.2) is 0 Å². The predicted octanol–water partition coefficient (Wildman–Crippen LogP) is 2.45. The van der Waals surface area contributed by atoms with Crippen LogP contribution in [0.2, 0.25) is 0 Å². The quantitative estimate of drug-likeness (QED) is 0.629. The molecule has 0 aromatic rings. The summed E-state index contributed by atoms with van der Waals surface area (Å²) in [5, 5.41) is 9.05. The van der Waals surface area contributed by atoms with E-state index >= 15 is 0 Å². The van der Waals surface area contributed by atoms with Gasteiger partial charge < -0.3 is 5.11 Å². The van der Waals surface area contributed by atoms with Crippen molar-refractivity contribution in [3.05, 3.63) is 12.2 Å². The van der Waals surface area contributed by atoms with Gasteiger partial charge in [-0.05, 0) is 37.5 Å². The second kappa shape index (κ2) is 3.52. The highest BCUT2D eigenvalue weighted by Crippen LogP contribution is 2.40. The fraction of sp³-hybridized carbons (Fsp3) is 0.727. The number of carboxylic acid groups (broad SMARTS) is 1. The van der Waals surface area contributed by atoms with E-state index in [9.17, 15) is 4.79 Å². The van der Waals surface area contributed by atoms with Gasteiger partial charge in [0.25, 0.3) is 0 Å². The SMILES string of the molecule is O=C(O)C1CCCC2C=CCCC21. The molecule has 2 aliphatic carbocycles. The third kappa shape index (κ3) is 1.62. The Bertz CT molecular complexity index is 232. The number of hydrogen-bond acceptors (Lipinski definition) is 1. The number of allylic oxidation sites excluding steroid dienone is 2. The van der Waals surface area contributed by atoms with E-state index in [1.807, 2.05) is 0 Å². The van der Waals surface area contributed by atoms with Crippen LogP contribution in [0, 0.1) is 17.8 Å². The van der Waals surface area contributed by atoms with Crippen LogP contribution in [0.25, 0.3) is 0 Å². The molecule has 0 radical (unpaired) electrons. The van der Waals surface area contributed by atoms with E-state index in [1.165, 1.54) is 6.42 Å². The summed E-state index contributed by atoms with van der Waals surface area (Å²) in [6.07, 6.45) is 9.79. The van der Waals surface area contributed by atoms with E-state index in [2.05, 4.69) is 12.2 Å². The van der Waals surface area contributed by atoms with Crippen LogP contribution in [0.15, 0.2) is 12.2 Å². The molecule has 3 atom stereocenters. The zero-order chi connectivity index (χ0) is 9.26. The van der Waals surface area contributed by atoms with Gasteiger partial charge in [-0.2, -0.15) is 0 Å². The second-order valence-corrected chi connectivity index (χ2v) is 4.21. The third-order valence-corrected chi connectivity index (χ3v) is 3.49. The Morgan fingerprint density at radius 3 is 2.92 bits per heavy atom. The number of fused-ring (bicyclic) bond motifs is 1. The lowest BCUT2D eigenvalue weighted by molar-refractivity contribution is -0.145. The Labute approximate surface area is 78.6 Å². The minimum Gasteiger partial charge on any atom is -0.481 e. The first-order valence-electron chi connectivity index (χ1n) is 5.18. The summed E-state index contributed by atoms with van der Waals surface area (Å²) in [4.78, 5) is 11.0. The standard InChI is InChI=1S/C11H16O2/c12-11(13)10-7-3-5-8-4-1-2-6-9(8)10/h1,4,8-10H,2-3,5-7H2,(H,12,13). The molecule has 0 spiro atoms. The fourth-order valence-electron chi connectivity index (χ4n) is 2.82. The normalized spacial score (nSPS) is 38.3. The molecular formula is C11H16O2. The first-order chi connectivity index (χ1) is 6.29. The lowest BCUT2D eigenvalue weighted by Gasteiger charge is -2.36. The van der Waals surface area contributed by atoms with Crippen molar-refractivity contribution in [1.29, 1.82) is 0 Å². The summed E-state index contributed by atoms with van der Waals surface area (Å²) in [6.45, 7) is 0. The molecule has 2 aliphatic rings. The monoisotopic (exact) mass is 180 g/mol. The molecule has 3 unspecified atom stereocenters. The van der Waals surface area contributed by atoms with Gasteiger partial charge in [-0.1, -0.05) is 18.6 Å². The van der Waals surface area contributed by atoms with Gasteiger partial charge in [0, 0.05) is 0 Å².